The lowest BCUT2D eigenvalue weighted by Gasteiger charge is -2.14. The third-order valence-corrected chi connectivity index (χ3v) is 6.07. The first-order valence-corrected chi connectivity index (χ1v) is 11.5. The van der Waals surface area contributed by atoms with Crippen molar-refractivity contribution in [3.8, 4) is 11.4 Å². The topological polar surface area (TPSA) is 95.1 Å². The number of rotatable bonds is 7. The van der Waals surface area contributed by atoms with Crippen LogP contribution in [0, 0.1) is 5.82 Å². The van der Waals surface area contributed by atoms with Crippen LogP contribution in [-0.2, 0) is 21.5 Å². The second-order valence-corrected chi connectivity index (χ2v) is 9.66. The zero-order chi connectivity index (χ0) is 22.7. The van der Waals surface area contributed by atoms with E-state index in [1.54, 1.807) is 18.2 Å². The molecule has 1 aromatic carbocycles. The van der Waals surface area contributed by atoms with Gasteiger partial charge in [-0.05, 0) is 37.1 Å². The number of thioether (sulfide) groups is 1. The number of nitrogens with one attached hydrogen (secondary N) is 1. The van der Waals surface area contributed by atoms with E-state index < -0.39 is 0 Å². The molecule has 1 saturated heterocycles. The summed E-state index contributed by atoms with van der Waals surface area (Å²) < 4.78 is 26.3. The molecule has 0 spiro atoms. The number of halogens is 1. The molecule has 10 heteroatoms. The minimum Gasteiger partial charge on any atom is -0.376 e. The van der Waals surface area contributed by atoms with Gasteiger partial charge in [-0.15, -0.1) is 10.2 Å². The molecule has 32 heavy (non-hydrogen) atoms. The Morgan fingerprint density at radius 1 is 1.28 bits per heavy atom. The second kappa shape index (κ2) is 9.41. The van der Waals surface area contributed by atoms with Crippen molar-refractivity contribution in [3.05, 3.63) is 41.8 Å². The van der Waals surface area contributed by atoms with Gasteiger partial charge in [0.05, 0.1) is 24.1 Å². The summed E-state index contributed by atoms with van der Waals surface area (Å²) in [5.41, 5.74) is 1.35. The smallest absolute Gasteiger partial charge is 0.237 e. The number of ether oxygens (including phenoxy) is 1. The second-order valence-electron chi connectivity index (χ2n) is 8.72. The zero-order valence-electron chi connectivity index (χ0n) is 18.3. The Bertz CT molecular complexity index is 1070. The summed E-state index contributed by atoms with van der Waals surface area (Å²) in [6.07, 6.45) is 2.02. The van der Waals surface area contributed by atoms with Crippen molar-refractivity contribution in [2.75, 3.05) is 17.7 Å². The fourth-order valence-electron chi connectivity index (χ4n) is 3.36. The number of hydrogen-bond donors (Lipinski definition) is 1. The first-order chi connectivity index (χ1) is 15.3. The van der Waals surface area contributed by atoms with Crippen molar-refractivity contribution in [2.45, 2.75) is 56.8 Å². The van der Waals surface area contributed by atoms with Gasteiger partial charge in [0.25, 0.3) is 0 Å². The van der Waals surface area contributed by atoms with Crippen molar-refractivity contribution in [3.63, 3.8) is 0 Å². The van der Waals surface area contributed by atoms with Crippen LogP contribution < -0.4 is 5.32 Å². The molecule has 1 aliphatic heterocycles. The fraction of sp³-hybridized carbons (Fsp3) is 0.455. The molecule has 0 radical (unpaired) electrons. The van der Waals surface area contributed by atoms with E-state index in [-0.39, 0.29) is 29.0 Å². The summed E-state index contributed by atoms with van der Waals surface area (Å²) in [6.45, 7) is 7.36. The maximum atomic E-state index is 13.4. The molecule has 1 amide bonds. The van der Waals surface area contributed by atoms with Gasteiger partial charge in [-0.1, -0.05) is 37.7 Å². The van der Waals surface area contributed by atoms with E-state index in [2.05, 4.69) is 20.7 Å². The standard InChI is InChI=1S/C22H26FN5O3S/c1-22(2,3)17-11-19(31-27-17)24-18(29)13-32-21-26-25-20(14-6-8-15(23)9-7-14)28(21)12-16-5-4-10-30-16/h6-9,11,16H,4-5,10,12-13H2,1-3H3,(H,24,29)/t16-/m1/s1. The van der Waals surface area contributed by atoms with Gasteiger partial charge in [0.2, 0.25) is 11.8 Å². The van der Waals surface area contributed by atoms with Crippen molar-refractivity contribution in [2.24, 2.45) is 0 Å². The van der Waals surface area contributed by atoms with Crippen molar-refractivity contribution < 1.29 is 18.4 Å². The Balaban J connectivity index is 1.46. The molecule has 0 aliphatic carbocycles. The van der Waals surface area contributed by atoms with E-state index in [1.807, 2.05) is 25.3 Å². The molecule has 2 aromatic heterocycles. The average Bonchev–Trinajstić information content (AvgIpc) is 3.49. The van der Waals surface area contributed by atoms with E-state index in [1.165, 1.54) is 23.9 Å². The number of aromatic nitrogens is 4. The van der Waals surface area contributed by atoms with Crippen molar-refractivity contribution in [1.29, 1.82) is 0 Å². The monoisotopic (exact) mass is 459 g/mol. The summed E-state index contributed by atoms with van der Waals surface area (Å²) in [7, 11) is 0. The van der Waals surface area contributed by atoms with Gasteiger partial charge in [-0.25, -0.2) is 4.39 Å². The fourth-order valence-corrected chi connectivity index (χ4v) is 4.10. The summed E-state index contributed by atoms with van der Waals surface area (Å²) in [4.78, 5) is 12.5. The maximum Gasteiger partial charge on any atom is 0.237 e. The summed E-state index contributed by atoms with van der Waals surface area (Å²) in [5.74, 6) is 0.509. The number of nitrogens with zero attached hydrogens (tertiary/aromatic N) is 4. The molecule has 1 atom stereocenters. The van der Waals surface area contributed by atoms with Gasteiger partial charge < -0.3 is 9.26 Å². The number of carbonyl (C=O) groups excluding carboxylic acids is 1. The lowest BCUT2D eigenvalue weighted by molar-refractivity contribution is -0.113. The van der Waals surface area contributed by atoms with Crippen LogP contribution in [0.1, 0.15) is 39.3 Å². The molecule has 8 nitrogen and oxygen atoms in total. The van der Waals surface area contributed by atoms with Crippen LogP contribution in [0.15, 0.2) is 40.0 Å². The predicted octanol–water partition coefficient (Wildman–Crippen LogP) is 4.28. The highest BCUT2D eigenvalue weighted by Crippen LogP contribution is 2.27. The summed E-state index contributed by atoms with van der Waals surface area (Å²) in [6, 6.07) is 7.86. The minimum atomic E-state index is -0.313. The van der Waals surface area contributed by atoms with Crippen LogP contribution in [-0.4, -0.2) is 44.3 Å². The molecular weight excluding hydrogens is 433 g/mol. The minimum absolute atomic E-state index is 0.0587. The number of benzene rings is 1. The molecule has 3 heterocycles. The molecule has 0 saturated carbocycles. The van der Waals surface area contributed by atoms with Crippen LogP contribution in [0.25, 0.3) is 11.4 Å². The third kappa shape index (κ3) is 5.36. The highest BCUT2D eigenvalue weighted by molar-refractivity contribution is 7.99. The van der Waals surface area contributed by atoms with Gasteiger partial charge in [-0.2, -0.15) is 0 Å². The normalized spacial score (nSPS) is 16.4. The molecular formula is C22H26FN5O3S. The third-order valence-electron chi connectivity index (χ3n) is 5.10. The van der Waals surface area contributed by atoms with Crippen LogP contribution in [0.3, 0.4) is 0 Å². The predicted molar refractivity (Wildman–Crippen MR) is 119 cm³/mol. The van der Waals surface area contributed by atoms with E-state index in [0.29, 0.717) is 23.4 Å². The Labute approximate surface area is 189 Å². The van der Waals surface area contributed by atoms with Crippen molar-refractivity contribution >= 4 is 23.6 Å². The highest BCUT2D eigenvalue weighted by Gasteiger charge is 2.23. The number of carbonyl (C=O) groups is 1. The van der Waals surface area contributed by atoms with E-state index in [0.717, 1.165) is 30.7 Å². The van der Waals surface area contributed by atoms with E-state index in [4.69, 9.17) is 9.26 Å². The Morgan fingerprint density at radius 3 is 2.72 bits per heavy atom. The van der Waals surface area contributed by atoms with Gasteiger partial charge in [0, 0.05) is 23.7 Å². The highest BCUT2D eigenvalue weighted by atomic mass is 32.2. The summed E-state index contributed by atoms with van der Waals surface area (Å²) in [5, 5.41) is 15.9. The van der Waals surface area contributed by atoms with Crippen LogP contribution >= 0.6 is 11.8 Å². The van der Waals surface area contributed by atoms with E-state index >= 15 is 0 Å². The largest absolute Gasteiger partial charge is 0.376 e. The van der Waals surface area contributed by atoms with Crippen LogP contribution in [0.5, 0.6) is 0 Å². The summed E-state index contributed by atoms with van der Waals surface area (Å²) >= 11 is 1.27. The van der Waals surface area contributed by atoms with Crippen molar-refractivity contribution in [1.82, 2.24) is 19.9 Å². The lowest BCUT2D eigenvalue weighted by Crippen LogP contribution is -2.18. The molecule has 1 fully saturated rings. The van der Waals surface area contributed by atoms with Gasteiger partial charge in [0.15, 0.2) is 11.0 Å². The Morgan fingerprint density at radius 2 is 2.06 bits per heavy atom. The number of amides is 1. The number of anilines is 1. The van der Waals surface area contributed by atoms with Crippen LogP contribution in [0.4, 0.5) is 10.3 Å². The molecule has 1 aliphatic rings. The molecule has 0 unspecified atom stereocenters. The van der Waals surface area contributed by atoms with Gasteiger partial charge in [-0.3, -0.25) is 14.7 Å². The SMILES string of the molecule is CC(C)(C)c1cc(NC(=O)CSc2nnc(-c3ccc(F)cc3)n2C[C@H]2CCCO2)on1. The lowest BCUT2D eigenvalue weighted by atomic mass is 9.92. The first-order valence-electron chi connectivity index (χ1n) is 10.5. The molecule has 170 valence electrons. The van der Waals surface area contributed by atoms with Gasteiger partial charge in [0.1, 0.15) is 5.82 Å². The average molecular weight is 460 g/mol. The first kappa shape index (κ1) is 22.5. The quantitative estimate of drug-likeness (QED) is 0.527. The molecule has 3 aromatic rings. The maximum absolute atomic E-state index is 13.4. The Hall–Kier alpha value is -2.72. The zero-order valence-corrected chi connectivity index (χ0v) is 19.1. The van der Waals surface area contributed by atoms with Crippen LogP contribution in [0.2, 0.25) is 0 Å². The molecule has 4 rings (SSSR count). The number of hydrogen-bond acceptors (Lipinski definition) is 7. The Kier molecular flexibility index (Phi) is 6.61. The molecule has 1 N–H and O–H groups in total. The van der Waals surface area contributed by atoms with Gasteiger partial charge >= 0.3 is 0 Å². The van der Waals surface area contributed by atoms with E-state index in [9.17, 15) is 9.18 Å². The molecule has 0 bridgehead atoms.